The van der Waals surface area contributed by atoms with Gasteiger partial charge < -0.3 is 9.73 Å². The van der Waals surface area contributed by atoms with E-state index in [4.69, 9.17) is 4.42 Å². The van der Waals surface area contributed by atoms with Gasteiger partial charge in [-0.2, -0.15) is 0 Å². The molecule has 0 radical (unpaired) electrons. The van der Waals surface area contributed by atoms with Crippen molar-refractivity contribution in [2.45, 2.75) is 46.6 Å². The van der Waals surface area contributed by atoms with Crippen LogP contribution in [0.4, 0.5) is 0 Å². The molecule has 0 aliphatic rings. The zero-order chi connectivity index (χ0) is 13.1. The van der Waals surface area contributed by atoms with E-state index in [0.29, 0.717) is 6.04 Å². The predicted octanol–water partition coefficient (Wildman–Crippen LogP) is 4.50. The average molecular weight is 245 g/mol. The molecule has 0 saturated carbocycles. The summed E-state index contributed by atoms with van der Waals surface area (Å²) in [6.07, 6.45) is 2.20. The van der Waals surface area contributed by atoms with Crippen molar-refractivity contribution in [2.24, 2.45) is 0 Å². The summed E-state index contributed by atoms with van der Waals surface area (Å²) in [5.41, 5.74) is 3.55. The maximum atomic E-state index is 6.04. The third kappa shape index (κ3) is 2.59. The molecule has 1 aromatic heterocycles. The first kappa shape index (κ1) is 13.2. The Hall–Kier alpha value is -1.28. The minimum Gasteiger partial charge on any atom is -0.459 e. The van der Waals surface area contributed by atoms with Crippen LogP contribution < -0.4 is 5.32 Å². The van der Waals surface area contributed by atoms with E-state index in [2.05, 4.69) is 51.2 Å². The highest BCUT2D eigenvalue weighted by Crippen LogP contribution is 2.28. The number of fused-ring (bicyclic) bond motifs is 1. The lowest BCUT2D eigenvalue weighted by atomic mass is 10.1. The van der Waals surface area contributed by atoms with E-state index in [1.165, 1.54) is 16.5 Å². The van der Waals surface area contributed by atoms with Crippen LogP contribution in [0.25, 0.3) is 11.0 Å². The molecule has 1 heterocycles. The average Bonchev–Trinajstić information content (AvgIpc) is 2.74. The van der Waals surface area contributed by atoms with E-state index in [-0.39, 0.29) is 0 Å². The van der Waals surface area contributed by atoms with E-state index in [1.54, 1.807) is 0 Å². The summed E-state index contributed by atoms with van der Waals surface area (Å²) in [5.74, 6) is 1.06. The molecule has 98 valence electrons. The van der Waals surface area contributed by atoms with Gasteiger partial charge in [0.05, 0.1) is 6.04 Å². The molecule has 1 unspecified atom stereocenters. The topological polar surface area (TPSA) is 25.2 Å². The number of furan rings is 1. The van der Waals surface area contributed by atoms with Gasteiger partial charge in [0.25, 0.3) is 0 Å². The molecule has 1 aromatic carbocycles. The molecule has 0 amide bonds. The number of rotatable bonds is 5. The van der Waals surface area contributed by atoms with Crippen LogP contribution in [0.2, 0.25) is 0 Å². The lowest BCUT2D eigenvalue weighted by molar-refractivity contribution is 0.420. The standard InChI is InChI=1S/C16H23NO/c1-5-7-17-14(6-2)15-10-13-9-11(3)8-12(4)16(13)18-15/h8-10,14,17H,5-7H2,1-4H3. The van der Waals surface area contributed by atoms with Gasteiger partial charge in [0.1, 0.15) is 11.3 Å². The maximum absolute atomic E-state index is 6.04. The molecule has 1 atom stereocenters. The van der Waals surface area contributed by atoms with Crippen molar-refractivity contribution in [1.29, 1.82) is 0 Å². The van der Waals surface area contributed by atoms with Gasteiger partial charge in [-0.3, -0.25) is 0 Å². The fraction of sp³-hybridized carbons (Fsp3) is 0.500. The Kier molecular flexibility index (Phi) is 4.07. The normalized spacial score (nSPS) is 13.1. The minimum absolute atomic E-state index is 0.331. The van der Waals surface area contributed by atoms with Crippen LogP contribution in [-0.2, 0) is 0 Å². The monoisotopic (exact) mass is 245 g/mol. The van der Waals surface area contributed by atoms with E-state index < -0.39 is 0 Å². The highest BCUT2D eigenvalue weighted by molar-refractivity contribution is 5.82. The molecule has 18 heavy (non-hydrogen) atoms. The summed E-state index contributed by atoms with van der Waals surface area (Å²) in [7, 11) is 0. The molecule has 0 spiro atoms. The van der Waals surface area contributed by atoms with Crippen molar-refractivity contribution >= 4 is 11.0 Å². The van der Waals surface area contributed by atoms with Crippen molar-refractivity contribution < 1.29 is 4.42 Å². The number of hydrogen-bond acceptors (Lipinski definition) is 2. The number of hydrogen-bond donors (Lipinski definition) is 1. The van der Waals surface area contributed by atoms with Gasteiger partial charge in [-0.25, -0.2) is 0 Å². The van der Waals surface area contributed by atoms with Gasteiger partial charge >= 0.3 is 0 Å². The van der Waals surface area contributed by atoms with Crippen molar-refractivity contribution in [3.63, 3.8) is 0 Å². The molecule has 1 N–H and O–H groups in total. The first-order valence-electron chi connectivity index (χ1n) is 6.89. The van der Waals surface area contributed by atoms with Crippen molar-refractivity contribution in [3.8, 4) is 0 Å². The van der Waals surface area contributed by atoms with Gasteiger partial charge in [0, 0.05) is 5.39 Å². The van der Waals surface area contributed by atoms with E-state index >= 15 is 0 Å². The maximum Gasteiger partial charge on any atom is 0.137 e. The lowest BCUT2D eigenvalue weighted by Gasteiger charge is -2.13. The molecule has 2 heteroatoms. The van der Waals surface area contributed by atoms with Crippen LogP contribution in [0.3, 0.4) is 0 Å². The van der Waals surface area contributed by atoms with Gasteiger partial charge in [0.15, 0.2) is 0 Å². The Morgan fingerprint density at radius 2 is 1.94 bits per heavy atom. The van der Waals surface area contributed by atoms with Crippen LogP contribution in [0, 0.1) is 13.8 Å². The van der Waals surface area contributed by atoms with E-state index in [9.17, 15) is 0 Å². The van der Waals surface area contributed by atoms with Gasteiger partial charge in [0.2, 0.25) is 0 Å². The third-order valence-corrected chi connectivity index (χ3v) is 3.36. The molecule has 2 rings (SSSR count). The number of benzene rings is 1. The third-order valence-electron chi connectivity index (χ3n) is 3.36. The Bertz CT molecular complexity index is 527. The highest BCUT2D eigenvalue weighted by Gasteiger charge is 2.14. The zero-order valence-electron chi connectivity index (χ0n) is 11.8. The SMILES string of the molecule is CCCNC(CC)c1cc2cc(C)cc(C)c2o1. The van der Waals surface area contributed by atoms with Crippen molar-refractivity contribution in [2.75, 3.05) is 6.54 Å². The fourth-order valence-corrected chi connectivity index (χ4v) is 2.47. The highest BCUT2D eigenvalue weighted by atomic mass is 16.3. The molecule has 0 bridgehead atoms. The van der Waals surface area contributed by atoms with Crippen LogP contribution >= 0.6 is 0 Å². The first-order valence-corrected chi connectivity index (χ1v) is 6.89. The summed E-state index contributed by atoms with van der Waals surface area (Å²) >= 11 is 0. The number of aryl methyl sites for hydroxylation is 2. The second-order valence-electron chi connectivity index (χ2n) is 5.06. The summed E-state index contributed by atoms with van der Waals surface area (Å²) in [6, 6.07) is 6.89. The van der Waals surface area contributed by atoms with Gasteiger partial charge in [-0.1, -0.05) is 25.5 Å². The molecule has 0 saturated heterocycles. The van der Waals surface area contributed by atoms with Gasteiger partial charge in [-0.15, -0.1) is 0 Å². The Labute approximate surface area is 109 Å². The lowest BCUT2D eigenvalue weighted by Crippen LogP contribution is -2.20. The molecule has 2 nitrogen and oxygen atoms in total. The Morgan fingerprint density at radius 1 is 1.17 bits per heavy atom. The summed E-state index contributed by atoms with van der Waals surface area (Å²) in [4.78, 5) is 0. The molecule has 0 aliphatic heterocycles. The summed E-state index contributed by atoms with van der Waals surface area (Å²) in [6.45, 7) is 9.66. The summed E-state index contributed by atoms with van der Waals surface area (Å²) < 4.78 is 6.04. The fourth-order valence-electron chi connectivity index (χ4n) is 2.47. The van der Waals surface area contributed by atoms with Crippen LogP contribution in [0.15, 0.2) is 22.6 Å². The van der Waals surface area contributed by atoms with Crippen LogP contribution in [0.1, 0.15) is 49.6 Å². The Balaban J connectivity index is 2.36. The van der Waals surface area contributed by atoms with Crippen molar-refractivity contribution in [3.05, 3.63) is 35.1 Å². The van der Waals surface area contributed by atoms with Crippen LogP contribution in [0.5, 0.6) is 0 Å². The number of nitrogens with one attached hydrogen (secondary N) is 1. The second-order valence-corrected chi connectivity index (χ2v) is 5.06. The van der Waals surface area contributed by atoms with E-state index in [0.717, 1.165) is 30.7 Å². The molecule has 0 fully saturated rings. The van der Waals surface area contributed by atoms with Crippen LogP contribution in [-0.4, -0.2) is 6.54 Å². The van der Waals surface area contributed by atoms with E-state index in [1.807, 2.05) is 0 Å². The zero-order valence-corrected chi connectivity index (χ0v) is 11.8. The van der Waals surface area contributed by atoms with Crippen molar-refractivity contribution in [1.82, 2.24) is 5.32 Å². The smallest absolute Gasteiger partial charge is 0.137 e. The molecular formula is C16H23NO. The molecular weight excluding hydrogens is 222 g/mol. The Morgan fingerprint density at radius 3 is 2.61 bits per heavy atom. The van der Waals surface area contributed by atoms with Gasteiger partial charge in [-0.05, 0) is 50.9 Å². The largest absolute Gasteiger partial charge is 0.459 e. The summed E-state index contributed by atoms with van der Waals surface area (Å²) in [5, 5.41) is 4.76. The second kappa shape index (κ2) is 5.57. The quantitative estimate of drug-likeness (QED) is 0.839. The molecule has 2 aromatic rings. The predicted molar refractivity (Wildman–Crippen MR) is 77.0 cm³/mol. The first-order chi connectivity index (χ1) is 8.65. The minimum atomic E-state index is 0.331. The molecule has 0 aliphatic carbocycles.